The van der Waals surface area contributed by atoms with E-state index in [4.69, 9.17) is 33.9 Å². The van der Waals surface area contributed by atoms with E-state index in [-0.39, 0.29) is 23.7 Å². The zero-order valence-electron chi connectivity index (χ0n) is 28.6. The van der Waals surface area contributed by atoms with E-state index in [1.54, 1.807) is 7.11 Å². The summed E-state index contributed by atoms with van der Waals surface area (Å²) in [5.41, 5.74) is 0.777. The Hall–Kier alpha value is -4.32. The number of aromatic nitrogens is 4. The minimum absolute atomic E-state index is 0.0181. The first-order valence-corrected chi connectivity index (χ1v) is 17.2. The summed E-state index contributed by atoms with van der Waals surface area (Å²) in [5.74, 6) is 2.08. The van der Waals surface area contributed by atoms with Crippen molar-refractivity contribution in [1.82, 2.24) is 29.3 Å². The minimum Gasteiger partial charge on any atom is -0.497 e. The first kappa shape index (κ1) is 31.0. The summed E-state index contributed by atoms with van der Waals surface area (Å²) in [7, 11) is 3.58. The number of carbonyl (C=O) groups excluding carboxylic acids is 1. The number of hydrogen-bond acceptors (Lipinski definition) is 10. The molecule has 1 amide bonds. The first-order chi connectivity index (χ1) is 23.1. The maximum Gasteiger partial charge on any atom is 0.410 e. The standard InChI is InChI=1S/C36H45N7O5/c1-35(2,3)48-34(44)43-24-12-13-25(43)21-41(20-24)31-29-30(37-32(39-31)46-22-36-14-8-16-42(36)17-9-15-36)38-33(40(29)4)47-28-19-26(45-5)18-23-10-6-7-11-27(23)28/h6-7,10-11,18-19,24-25H,8-9,12-17,20-22H2,1-5H3. The number of piperazine rings is 1. The molecule has 0 saturated carbocycles. The molecule has 4 aliphatic rings. The number of aryl methyl sites for hydroxylation is 1. The van der Waals surface area contributed by atoms with Gasteiger partial charge in [0.25, 0.3) is 0 Å². The number of anilines is 1. The van der Waals surface area contributed by atoms with E-state index < -0.39 is 5.60 Å². The molecule has 4 fully saturated rings. The van der Waals surface area contributed by atoms with Crippen LogP contribution < -0.4 is 19.1 Å². The molecule has 6 heterocycles. The van der Waals surface area contributed by atoms with E-state index in [1.165, 1.54) is 12.8 Å². The minimum atomic E-state index is -0.550. The molecule has 4 aliphatic heterocycles. The molecular weight excluding hydrogens is 610 g/mol. The maximum absolute atomic E-state index is 13.3. The largest absolute Gasteiger partial charge is 0.497 e. The third-order valence-electron chi connectivity index (χ3n) is 10.6. The fraction of sp³-hybridized carbons (Fsp3) is 0.556. The topological polar surface area (TPSA) is 107 Å². The molecule has 12 heteroatoms. The predicted molar refractivity (Wildman–Crippen MR) is 182 cm³/mol. The third-order valence-corrected chi connectivity index (χ3v) is 10.6. The Morgan fingerprint density at radius 2 is 1.73 bits per heavy atom. The number of nitrogens with zero attached hydrogens (tertiary/aromatic N) is 7. The number of fused-ring (bicyclic) bond motifs is 5. The van der Waals surface area contributed by atoms with Crippen LogP contribution in [0, 0.1) is 0 Å². The summed E-state index contributed by atoms with van der Waals surface area (Å²) in [6.07, 6.45) is 6.24. The quantitative estimate of drug-likeness (QED) is 0.238. The first-order valence-electron chi connectivity index (χ1n) is 17.2. The highest BCUT2D eigenvalue weighted by molar-refractivity contribution is 5.90. The molecule has 0 radical (unpaired) electrons. The number of imidazole rings is 1. The van der Waals surface area contributed by atoms with Crippen molar-refractivity contribution in [3.63, 3.8) is 0 Å². The number of benzene rings is 2. The molecule has 4 aromatic rings. The summed E-state index contributed by atoms with van der Waals surface area (Å²) in [6, 6.07) is 12.7. The Morgan fingerprint density at radius 3 is 2.44 bits per heavy atom. The van der Waals surface area contributed by atoms with Crippen molar-refractivity contribution >= 4 is 33.8 Å². The van der Waals surface area contributed by atoms with Gasteiger partial charge in [-0.2, -0.15) is 15.0 Å². The van der Waals surface area contributed by atoms with Crippen LogP contribution >= 0.6 is 0 Å². The van der Waals surface area contributed by atoms with Crippen LogP contribution in [0.2, 0.25) is 0 Å². The van der Waals surface area contributed by atoms with E-state index in [0.29, 0.717) is 48.9 Å². The van der Waals surface area contributed by atoms with Crippen molar-refractivity contribution in [2.75, 3.05) is 44.8 Å². The Labute approximate surface area is 280 Å². The lowest BCUT2D eigenvalue weighted by molar-refractivity contribution is 0.0122. The molecule has 2 aromatic heterocycles. The molecule has 2 aromatic carbocycles. The molecule has 4 saturated heterocycles. The molecule has 0 spiro atoms. The van der Waals surface area contributed by atoms with Crippen molar-refractivity contribution in [3.8, 4) is 23.5 Å². The Balaban J connectivity index is 1.16. The molecule has 254 valence electrons. The lowest BCUT2D eigenvalue weighted by atomic mass is 9.95. The number of ether oxygens (including phenoxy) is 4. The van der Waals surface area contributed by atoms with Crippen molar-refractivity contribution < 1.29 is 23.7 Å². The second-order valence-electron chi connectivity index (χ2n) is 14.8. The van der Waals surface area contributed by atoms with Gasteiger partial charge in [0.05, 0.1) is 24.7 Å². The number of carbonyl (C=O) groups is 1. The molecule has 2 bridgehead atoms. The number of amides is 1. The number of hydrogen-bond donors (Lipinski definition) is 0. The van der Waals surface area contributed by atoms with Crippen LogP contribution in [0.3, 0.4) is 0 Å². The van der Waals surface area contributed by atoms with Gasteiger partial charge in [-0.15, -0.1) is 0 Å². The summed E-state index contributed by atoms with van der Waals surface area (Å²) < 4.78 is 26.4. The van der Waals surface area contributed by atoms with Gasteiger partial charge < -0.3 is 23.8 Å². The molecule has 48 heavy (non-hydrogen) atoms. The van der Waals surface area contributed by atoms with E-state index in [2.05, 4.69) is 9.80 Å². The van der Waals surface area contributed by atoms with Gasteiger partial charge >= 0.3 is 18.1 Å². The Kier molecular flexibility index (Phi) is 7.54. The number of methoxy groups -OCH3 is 1. The third kappa shape index (κ3) is 5.43. The van der Waals surface area contributed by atoms with Crippen molar-refractivity contribution in [2.24, 2.45) is 7.05 Å². The number of rotatable bonds is 7. The average Bonchev–Trinajstić information content (AvgIpc) is 3.79. The van der Waals surface area contributed by atoms with Gasteiger partial charge in [-0.3, -0.25) is 14.4 Å². The lowest BCUT2D eigenvalue weighted by Gasteiger charge is -2.41. The van der Waals surface area contributed by atoms with Gasteiger partial charge in [0, 0.05) is 31.6 Å². The van der Waals surface area contributed by atoms with E-state index >= 15 is 0 Å². The fourth-order valence-electron chi connectivity index (χ4n) is 8.33. The molecule has 0 aliphatic carbocycles. The summed E-state index contributed by atoms with van der Waals surface area (Å²) in [5, 5.41) is 1.96. The van der Waals surface area contributed by atoms with Crippen molar-refractivity contribution in [3.05, 3.63) is 36.4 Å². The highest BCUT2D eigenvalue weighted by Gasteiger charge is 2.46. The fourth-order valence-corrected chi connectivity index (χ4v) is 8.33. The smallest absolute Gasteiger partial charge is 0.410 e. The highest BCUT2D eigenvalue weighted by Crippen LogP contribution is 2.41. The second-order valence-corrected chi connectivity index (χ2v) is 14.8. The Morgan fingerprint density at radius 1 is 1.00 bits per heavy atom. The summed E-state index contributed by atoms with van der Waals surface area (Å²) >= 11 is 0. The van der Waals surface area contributed by atoms with Crippen LogP contribution in [-0.4, -0.2) is 98.5 Å². The summed E-state index contributed by atoms with van der Waals surface area (Å²) in [4.78, 5) is 34.9. The van der Waals surface area contributed by atoms with Crippen LogP contribution in [0.1, 0.15) is 59.3 Å². The SMILES string of the molecule is COc1cc(Oc2nc3nc(OCC45CCCN4CCC5)nc(N4CC5CCC(C4)N5C(=O)OC(C)(C)C)c3n2C)c2ccccc2c1. The monoisotopic (exact) mass is 655 g/mol. The normalized spacial score (nSPS) is 22.0. The molecule has 12 nitrogen and oxygen atoms in total. The molecule has 2 unspecified atom stereocenters. The summed E-state index contributed by atoms with van der Waals surface area (Å²) in [6.45, 7) is 9.79. The van der Waals surface area contributed by atoms with Gasteiger partial charge in [0.1, 0.15) is 29.2 Å². The maximum atomic E-state index is 13.3. The van der Waals surface area contributed by atoms with Crippen LogP contribution in [0.4, 0.5) is 10.6 Å². The van der Waals surface area contributed by atoms with Gasteiger partial charge in [-0.1, -0.05) is 24.3 Å². The van der Waals surface area contributed by atoms with Gasteiger partial charge in [-0.25, -0.2) is 4.79 Å². The van der Waals surface area contributed by atoms with Crippen LogP contribution in [0.25, 0.3) is 21.9 Å². The predicted octanol–water partition coefficient (Wildman–Crippen LogP) is 5.91. The van der Waals surface area contributed by atoms with Crippen molar-refractivity contribution in [2.45, 2.75) is 82.5 Å². The van der Waals surface area contributed by atoms with Crippen LogP contribution in [0.5, 0.6) is 23.5 Å². The van der Waals surface area contributed by atoms with Crippen molar-refractivity contribution in [1.29, 1.82) is 0 Å². The van der Waals surface area contributed by atoms with E-state index in [1.807, 2.05) is 73.7 Å². The zero-order valence-corrected chi connectivity index (χ0v) is 28.6. The molecule has 0 N–H and O–H groups in total. The van der Waals surface area contributed by atoms with E-state index in [0.717, 1.165) is 60.9 Å². The molecule has 8 rings (SSSR count). The molecular formula is C36H45N7O5. The van der Waals surface area contributed by atoms with Gasteiger partial charge in [0.2, 0.25) is 0 Å². The average molecular weight is 656 g/mol. The lowest BCUT2D eigenvalue weighted by Crippen LogP contribution is -2.57. The van der Waals surface area contributed by atoms with Crippen LogP contribution in [-0.2, 0) is 11.8 Å². The highest BCUT2D eigenvalue weighted by atomic mass is 16.6. The van der Waals surface area contributed by atoms with Gasteiger partial charge in [-0.05, 0) is 83.8 Å². The second kappa shape index (κ2) is 11.7. The van der Waals surface area contributed by atoms with E-state index in [9.17, 15) is 4.79 Å². The van der Waals surface area contributed by atoms with Crippen LogP contribution in [0.15, 0.2) is 36.4 Å². The van der Waals surface area contributed by atoms with Gasteiger partial charge in [0.15, 0.2) is 11.5 Å². The Bertz CT molecular complexity index is 1850. The molecule has 2 atom stereocenters. The zero-order chi connectivity index (χ0) is 33.2.